The predicted molar refractivity (Wildman–Crippen MR) is 105 cm³/mol. The summed E-state index contributed by atoms with van der Waals surface area (Å²) in [6, 6.07) is 13.1. The second kappa shape index (κ2) is 5.06. The van der Waals surface area contributed by atoms with Gasteiger partial charge in [-0.25, -0.2) is 0 Å². The molecule has 0 N–H and O–H groups in total. The summed E-state index contributed by atoms with van der Waals surface area (Å²) in [4.78, 5) is 0. The van der Waals surface area contributed by atoms with Gasteiger partial charge in [-0.1, -0.05) is 32.0 Å². The van der Waals surface area contributed by atoms with Crippen molar-refractivity contribution in [3.05, 3.63) is 52.9 Å². The number of nitrogens with zero attached hydrogens (tertiary/aromatic N) is 1. The minimum absolute atomic E-state index is 0.388. The van der Waals surface area contributed by atoms with Crippen LogP contribution in [-0.4, -0.2) is 0 Å². The molecule has 0 spiro atoms. The zero-order valence-corrected chi connectivity index (χ0v) is 15.7. The van der Waals surface area contributed by atoms with Crippen molar-refractivity contribution in [2.75, 3.05) is 0 Å². The van der Waals surface area contributed by atoms with Gasteiger partial charge in [0, 0.05) is 27.1 Å². The van der Waals surface area contributed by atoms with Crippen molar-refractivity contribution in [1.82, 2.24) is 0 Å². The van der Waals surface area contributed by atoms with Crippen molar-refractivity contribution >= 4 is 32.3 Å². The first kappa shape index (κ1) is 14.9. The van der Waals surface area contributed by atoms with Crippen LogP contribution in [0.4, 0.5) is 0 Å². The van der Waals surface area contributed by atoms with E-state index in [-0.39, 0.29) is 0 Å². The molecular formula is C22H20NOS+. The molecule has 0 aliphatic carbocycles. The molecule has 5 rings (SSSR count). The topological polar surface area (TPSA) is 13.1 Å². The lowest BCUT2D eigenvalue weighted by Crippen LogP contribution is -2.34. The lowest BCUT2D eigenvalue weighted by atomic mass is 9.90. The summed E-state index contributed by atoms with van der Waals surface area (Å²) in [6.45, 7) is 6.71. The smallest absolute Gasteiger partial charge is 0.257 e. The van der Waals surface area contributed by atoms with Crippen LogP contribution in [0.2, 0.25) is 0 Å². The van der Waals surface area contributed by atoms with E-state index in [0.29, 0.717) is 5.92 Å². The Bertz CT molecular complexity index is 1170. The average molecular weight is 346 g/mol. The van der Waals surface area contributed by atoms with Crippen molar-refractivity contribution in [2.24, 2.45) is 7.05 Å². The molecule has 25 heavy (non-hydrogen) atoms. The lowest BCUT2D eigenvalue weighted by molar-refractivity contribution is -0.633. The maximum Gasteiger partial charge on any atom is 0.257 e. The maximum absolute atomic E-state index is 6.52. The fourth-order valence-electron chi connectivity index (χ4n) is 4.17. The molecule has 0 fully saturated rings. The number of benzene rings is 2. The number of fused-ring (bicyclic) bond motifs is 3. The molecule has 0 saturated heterocycles. The van der Waals surface area contributed by atoms with Crippen molar-refractivity contribution in [3.8, 4) is 22.8 Å². The Balaban J connectivity index is 2.05. The lowest BCUT2D eigenvalue weighted by Gasteiger charge is -2.23. The highest BCUT2D eigenvalue weighted by molar-refractivity contribution is 7.17. The molecule has 0 radical (unpaired) electrons. The minimum atomic E-state index is 0.388. The largest absolute Gasteiger partial charge is 0.448 e. The van der Waals surface area contributed by atoms with Crippen molar-refractivity contribution in [1.29, 1.82) is 0 Å². The highest BCUT2D eigenvalue weighted by atomic mass is 32.1. The molecule has 1 aliphatic heterocycles. The van der Waals surface area contributed by atoms with E-state index < -0.39 is 0 Å². The van der Waals surface area contributed by atoms with Gasteiger partial charge in [-0.15, -0.1) is 11.3 Å². The summed E-state index contributed by atoms with van der Waals surface area (Å²) >= 11 is 1.76. The molecule has 2 nitrogen and oxygen atoms in total. The van der Waals surface area contributed by atoms with Crippen LogP contribution in [0.15, 0.2) is 41.8 Å². The Hall–Kier alpha value is -2.39. The summed E-state index contributed by atoms with van der Waals surface area (Å²) in [7, 11) is 2.16. The molecule has 3 heterocycles. The van der Waals surface area contributed by atoms with Crippen LogP contribution in [0.1, 0.15) is 30.9 Å². The molecule has 2 aromatic heterocycles. The number of thiophene rings is 1. The van der Waals surface area contributed by atoms with Gasteiger partial charge in [0.15, 0.2) is 0 Å². The number of hydrogen-bond acceptors (Lipinski definition) is 2. The highest BCUT2D eigenvalue weighted by Crippen LogP contribution is 2.52. The van der Waals surface area contributed by atoms with Gasteiger partial charge in [0.1, 0.15) is 12.8 Å². The minimum Gasteiger partial charge on any atom is -0.448 e. The van der Waals surface area contributed by atoms with E-state index >= 15 is 0 Å². The normalized spacial score (nSPS) is 12.7. The van der Waals surface area contributed by atoms with E-state index in [0.717, 1.165) is 11.5 Å². The number of ether oxygens (including phenoxy) is 1. The number of para-hydroxylation sites is 1. The summed E-state index contributed by atoms with van der Waals surface area (Å²) in [6.07, 6.45) is 0. The third kappa shape index (κ3) is 1.87. The van der Waals surface area contributed by atoms with Gasteiger partial charge < -0.3 is 4.74 Å². The number of hydrogen-bond donors (Lipinski definition) is 0. The monoisotopic (exact) mass is 346 g/mol. The number of pyridine rings is 1. The first-order chi connectivity index (χ1) is 12.1. The molecule has 0 bridgehead atoms. The molecule has 3 heteroatoms. The molecule has 124 valence electrons. The van der Waals surface area contributed by atoms with Crippen LogP contribution in [-0.2, 0) is 7.05 Å². The third-order valence-corrected chi connectivity index (χ3v) is 6.22. The molecule has 2 aromatic carbocycles. The molecule has 0 amide bonds. The van der Waals surface area contributed by atoms with Crippen LogP contribution in [0, 0.1) is 6.92 Å². The maximum atomic E-state index is 6.52. The van der Waals surface area contributed by atoms with Crippen LogP contribution < -0.4 is 9.30 Å². The van der Waals surface area contributed by atoms with E-state index in [4.69, 9.17) is 4.74 Å². The second-order valence-electron chi connectivity index (χ2n) is 7.15. The van der Waals surface area contributed by atoms with Crippen LogP contribution in [0.25, 0.3) is 32.2 Å². The van der Waals surface area contributed by atoms with Crippen LogP contribution in [0.5, 0.6) is 11.5 Å². The summed E-state index contributed by atoms with van der Waals surface area (Å²) in [5.41, 5.74) is 6.39. The van der Waals surface area contributed by atoms with Gasteiger partial charge in [0.05, 0.1) is 10.9 Å². The summed E-state index contributed by atoms with van der Waals surface area (Å²) < 4.78 is 10.1. The first-order valence-corrected chi connectivity index (χ1v) is 9.59. The second-order valence-corrected chi connectivity index (χ2v) is 8.07. The average Bonchev–Trinajstić information content (AvgIpc) is 3.01. The number of aromatic nitrogens is 1. The molecular weight excluding hydrogens is 326 g/mol. The predicted octanol–water partition coefficient (Wildman–Crippen LogP) is 6.08. The zero-order valence-electron chi connectivity index (χ0n) is 14.9. The third-order valence-electron chi connectivity index (χ3n) is 5.29. The summed E-state index contributed by atoms with van der Waals surface area (Å²) in [5.74, 6) is 2.42. The van der Waals surface area contributed by atoms with Crippen LogP contribution in [0.3, 0.4) is 0 Å². The van der Waals surface area contributed by atoms with Gasteiger partial charge in [0.2, 0.25) is 11.3 Å². The van der Waals surface area contributed by atoms with Gasteiger partial charge in [-0.3, -0.25) is 0 Å². The molecule has 1 aliphatic rings. The van der Waals surface area contributed by atoms with Gasteiger partial charge >= 0.3 is 0 Å². The van der Waals surface area contributed by atoms with E-state index in [1.807, 2.05) is 0 Å². The molecule has 0 saturated carbocycles. The molecule has 0 unspecified atom stereocenters. The van der Waals surface area contributed by atoms with Gasteiger partial charge in [0.25, 0.3) is 5.69 Å². The fourth-order valence-corrected chi connectivity index (χ4v) is 5.04. The van der Waals surface area contributed by atoms with Gasteiger partial charge in [-0.05, 0) is 30.5 Å². The van der Waals surface area contributed by atoms with E-state index in [1.165, 1.54) is 43.4 Å². The highest BCUT2D eigenvalue weighted by Gasteiger charge is 2.35. The van der Waals surface area contributed by atoms with E-state index in [2.05, 4.69) is 74.2 Å². The molecule has 0 atom stereocenters. The SMILES string of the molecule is Cc1ccc2scc3c2c1-c1c(c(C(C)C)c2ccccc2[n+]1C)O3. The van der Waals surface area contributed by atoms with Crippen LogP contribution >= 0.6 is 11.3 Å². The van der Waals surface area contributed by atoms with Crippen molar-refractivity contribution in [3.63, 3.8) is 0 Å². The molecule has 4 aromatic rings. The fraction of sp³-hybridized carbons (Fsp3) is 0.227. The zero-order chi connectivity index (χ0) is 17.3. The summed E-state index contributed by atoms with van der Waals surface area (Å²) in [5, 5.41) is 4.69. The van der Waals surface area contributed by atoms with E-state index in [1.54, 1.807) is 11.3 Å². The standard InChI is InChI=1S/C22H20NOS/c1-12(2)18-14-7-5-6-8-15(14)23(4)21-19-13(3)9-10-17-20(19)16(11-25-17)24-22(18)21/h5-12H,1-4H3/q+1. The van der Waals surface area contributed by atoms with E-state index in [9.17, 15) is 0 Å². The quantitative estimate of drug-likeness (QED) is 0.335. The van der Waals surface area contributed by atoms with Gasteiger partial charge in [-0.2, -0.15) is 4.57 Å². The Morgan fingerprint density at radius 2 is 1.88 bits per heavy atom. The Morgan fingerprint density at radius 1 is 1.08 bits per heavy atom. The first-order valence-electron chi connectivity index (χ1n) is 8.71. The Morgan fingerprint density at radius 3 is 2.68 bits per heavy atom. The number of rotatable bonds is 1. The van der Waals surface area contributed by atoms with Crippen molar-refractivity contribution in [2.45, 2.75) is 26.7 Å². The van der Waals surface area contributed by atoms with Crippen molar-refractivity contribution < 1.29 is 9.30 Å². The Labute approximate surface area is 151 Å². The Kier molecular flexibility index (Phi) is 3.02. The number of aryl methyl sites for hydroxylation is 2.